The van der Waals surface area contributed by atoms with Gasteiger partial charge in [-0.2, -0.15) is 0 Å². The van der Waals surface area contributed by atoms with E-state index in [1.807, 2.05) is 18.3 Å². The van der Waals surface area contributed by atoms with Gasteiger partial charge in [-0.15, -0.1) is 0 Å². The van der Waals surface area contributed by atoms with Crippen molar-refractivity contribution in [2.24, 2.45) is 0 Å². The zero-order valence-electron chi connectivity index (χ0n) is 11.0. The second-order valence-electron chi connectivity index (χ2n) is 4.05. The third-order valence-electron chi connectivity index (χ3n) is 2.82. The van der Waals surface area contributed by atoms with Crippen molar-refractivity contribution in [1.82, 2.24) is 4.98 Å². The topological polar surface area (TPSA) is 12.9 Å². The van der Waals surface area contributed by atoms with Crippen LogP contribution >= 0.6 is 0 Å². The number of nitrogens with zero attached hydrogens (tertiary/aromatic N) is 1. The molecule has 0 saturated heterocycles. The molecule has 90 valence electrons. The summed E-state index contributed by atoms with van der Waals surface area (Å²) in [6.45, 7) is 10.2. The molecule has 1 heteroatoms. The van der Waals surface area contributed by atoms with E-state index < -0.39 is 0 Å². The minimum absolute atomic E-state index is 1.01. The lowest BCUT2D eigenvalue weighted by molar-refractivity contribution is 0.959. The highest BCUT2D eigenvalue weighted by Gasteiger charge is 2.01. The van der Waals surface area contributed by atoms with E-state index >= 15 is 0 Å². The van der Waals surface area contributed by atoms with E-state index in [4.69, 9.17) is 0 Å². The molecule has 0 spiro atoms. The first-order valence-electron chi connectivity index (χ1n) is 6.15. The van der Waals surface area contributed by atoms with E-state index in [0.29, 0.717) is 0 Å². The molecule has 0 saturated carbocycles. The molecule has 0 fully saturated rings. The number of unbranched alkanes of at least 4 members (excludes halogenated alkanes) is 1. The molecule has 0 aliphatic carbocycles. The first-order valence-corrected chi connectivity index (χ1v) is 6.15. The SMILES string of the molecule is C=C/C(=C\CCC)c1cc(/C(C)=C/C)ccn1. The molecule has 1 rings (SSSR count). The van der Waals surface area contributed by atoms with Crippen LogP contribution in [0.3, 0.4) is 0 Å². The van der Waals surface area contributed by atoms with E-state index in [-0.39, 0.29) is 0 Å². The molecule has 1 aromatic heterocycles. The Hall–Kier alpha value is -1.63. The van der Waals surface area contributed by atoms with E-state index in [1.165, 1.54) is 11.1 Å². The van der Waals surface area contributed by atoms with Crippen LogP contribution in [0, 0.1) is 0 Å². The number of aromatic nitrogens is 1. The first kappa shape index (κ1) is 13.4. The molecular weight excluding hydrogens is 206 g/mol. The third kappa shape index (κ3) is 3.70. The minimum Gasteiger partial charge on any atom is -0.256 e. The average molecular weight is 227 g/mol. The van der Waals surface area contributed by atoms with Gasteiger partial charge in [0, 0.05) is 6.20 Å². The van der Waals surface area contributed by atoms with Crippen molar-refractivity contribution >= 4 is 11.1 Å². The molecule has 0 aliphatic rings. The molecular formula is C16H21N. The van der Waals surface area contributed by atoms with Crippen molar-refractivity contribution < 1.29 is 0 Å². The Morgan fingerprint density at radius 2 is 2.24 bits per heavy atom. The summed E-state index contributed by atoms with van der Waals surface area (Å²) in [6, 6.07) is 4.16. The fraction of sp³-hybridized carbons (Fsp3) is 0.312. The lowest BCUT2D eigenvalue weighted by Gasteiger charge is -2.05. The highest BCUT2D eigenvalue weighted by atomic mass is 14.7. The van der Waals surface area contributed by atoms with Crippen LogP contribution in [-0.4, -0.2) is 4.98 Å². The lowest BCUT2D eigenvalue weighted by atomic mass is 10.0. The van der Waals surface area contributed by atoms with Crippen molar-refractivity contribution in [2.45, 2.75) is 33.6 Å². The summed E-state index contributed by atoms with van der Waals surface area (Å²) < 4.78 is 0. The monoisotopic (exact) mass is 227 g/mol. The Labute approximate surface area is 105 Å². The van der Waals surface area contributed by atoms with Crippen LogP contribution in [-0.2, 0) is 0 Å². The summed E-state index contributed by atoms with van der Waals surface area (Å²) in [7, 11) is 0. The molecule has 1 nitrogen and oxygen atoms in total. The van der Waals surface area contributed by atoms with Gasteiger partial charge in [-0.3, -0.25) is 4.98 Å². The van der Waals surface area contributed by atoms with Crippen LogP contribution in [0.2, 0.25) is 0 Å². The fourth-order valence-corrected chi connectivity index (χ4v) is 1.59. The number of hydrogen-bond acceptors (Lipinski definition) is 1. The molecule has 17 heavy (non-hydrogen) atoms. The van der Waals surface area contributed by atoms with Gasteiger partial charge in [0.15, 0.2) is 0 Å². The molecule has 0 atom stereocenters. The average Bonchev–Trinajstić information content (AvgIpc) is 2.39. The van der Waals surface area contributed by atoms with E-state index in [9.17, 15) is 0 Å². The maximum atomic E-state index is 4.41. The van der Waals surface area contributed by atoms with Gasteiger partial charge in [-0.1, -0.05) is 38.2 Å². The number of pyridine rings is 1. The Bertz CT molecular complexity index is 439. The van der Waals surface area contributed by atoms with Crippen LogP contribution in [0.1, 0.15) is 44.9 Å². The van der Waals surface area contributed by atoms with E-state index in [2.05, 4.69) is 50.6 Å². The summed E-state index contributed by atoms with van der Waals surface area (Å²) >= 11 is 0. The second-order valence-corrected chi connectivity index (χ2v) is 4.05. The summed E-state index contributed by atoms with van der Waals surface area (Å²) in [5.41, 5.74) is 4.62. The molecule has 0 aliphatic heterocycles. The second kappa shape index (κ2) is 6.85. The van der Waals surface area contributed by atoms with Gasteiger partial charge in [0.2, 0.25) is 0 Å². The number of hydrogen-bond donors (Lipinski definition) is 0. The lowest BCUT2D eigenvalue weighted by Crippen LogP contribution is -1.89. The quantitative estimate of drug-likeness (QED) is 0.654. The van der Waals surface area contributed by atoms with Gasteiger partial charge >= 0.3 is 0 Å². The number of rotatable bonds is 5. The summed E-state index contributed by atoms with van der Waals surface area (Å²) in [5, 5.41) is 0. The summed E-state index contributed by atoms with van der Waals surface area (Å²) in [4.78, 5) is 4.41. The van der Waals surface area contributed by atoms with Gasteiger partial charge in [0.05, 0.1) is 5.69 Å². The molecule has 0 amide bonds. The molecule has 1 heterocycles. The van der Waals surface area contributed by atoms with Gasteiger partial charge in [0.1, 0.15) is 0 Å². The zero-order valence-corrected chi connectivity index (χ0v) is 11.0. The van der Waals surface area contributed by atoms with Crippen molar-refractivity contribution in [2.75, 3.05) is 0 Å². The van der Waals surface area contributed by atoms with Crippen LogP contribution in [0.25, 0.3) is 11.1 Å². The van der Waals surface area contributed by atoms with Gasteiger partial charge in [0.25, 0.3) is 0 Å². The smallest absolute Gasteiger partial charge is 0.0704 e. The molecule has 1 aromatic rings. The van der Waals surface area contributed by atoms with Crippen LogP contribution < -0.4 is 0 Å². The van der Waals surface area contributed by atoms with Crippen molar-refractivity contribution in [3.05, 3.63) is 54.4 Å². The molecule has 0 N–H and O–H groups in total. The summed E-state index contributed by atoms with van der Waals surface area (Å²) in [5.74, 6) is 0. The van der Waals surface area contributed by atoms with Crippen LogP contribution in [0.15, 0.2) is 43.1 Å². The third-order valence-corrected chi connectivity index (χ3v) is 2.82. The highest BCUT2D eigenvalue weighted by Crippen LogP contribution is 2.19. The molecule has 0 radical (unpaired) electrons. The van der Waals surface area contributed by atoms with Crippen LogP contribution in [0.4, 0.5) is 0 Å². The Morgan fingerprint density at radius 1 is 1.47 bits per heavy atom. The summed E-state index contributed by atoms with van der Waals surface area (Å²) in [6.07, 6.45) is 10.3. The molecule has 0 bridgehead atoms. The maximum Gasteiger partial charge on any atom is 0.0704 e. The van der Waals surface area contributed by atoms with Gasteiger partial charge < -0.3 is 0 Å². The Balaban J connectivity index is 3.09. The van der Waals surface area contributed by atoms with E-state index in [1.54, 1.807) is 0 Å². The standard InChI is InChI=1S/C16H21N/c1-5-8-9-14(7-3)16-12-15(10-11-17-16)13(4)6-2/h6-7,9-12H,3,5,8H2,1-2,4H3/b13-6+,14-9+. The number of allylic oxidation sites excluding steroid dienone is 5. The Kier molecular flexibility index (Phi) is 5.41. The normalized spacial score (nSPS) is 12.6. The molecule has 0 unspecified atom stereocenters. The maximum absolute atomic E-state index is 4.41. The van der Waals surface area contributed by atoms with Crippen LogP contribution in [0.5, 0.6) is 0 Å². The van der Waals surface area contributed by atoms with Gasteiger partial charge in [-0.05, 0) is 49.1 Å². The van der Waals surface area contributed by atoms with E-state index in [0.717, 1.165) is 24.1 Å². The first-order chi connectivity index (χ1) is 8.22. The zero-order chi connectivity index (χ0) is 12.7. The predicted molar refractivity (Wildman–Crippen MR) is 76.6 cm³/mol. The van der Waals surface area contributed by atoms with Gasteiger partial charge in [-0.25, -0.2) is 0 Å². The molecule has 0 aromatic carbocycles. The largest absolute Gasteiger partial charge is 0.256 e. The Morgan fingerprint density at radius 3 is 2.82 bits per heavy atom. The predicted octanol–water partition coefficient (Wildman–Crippen LogP) is 4.87. The van der Waals surface area contributed by atoms with Crippen molar-refractivity contribution in [1.29, 1.82) is 0 Å². The van der Waals surface area contributed by atoms with Crippen molar-refractivity contribution in [3.63, 3.8) is 0 Å². The highest BCUT2D eigenvalue weighted by molar-refractivity contribution is 5.74. The minimum atomic E-state index is 1.01. The fourth-order valence-electron chi connectivity index (χ4n) is 1.59. The van der Waals surface area contributed by atoms with Crippen molar-refractivity contribution in [3.8, 4) is 0 Å².